The highest BCUT2D eigenvalue weighted by Gasteiger charge is 2.51. The lowest BCUT2D eigenvalue weighted by Crippen LogP contribution is -2.36. The van der Waals surface area contributed by atoms with Crippen molar-refractivity contribution < 1.29 is 4.79 Å². The predicted octanol–water partition coefficient (Wildman–Crippen LogP) is 1.30. The fourth-order valence-corrected chi connectivity index (χ4v) is 2.24. The molecule has 0 unspecified atom stereocenters. The van der Waals surface area contributed by atoms with E-state index in [1.165, 1.54) is 12.8 Å². The van der Waals surface area contributed by atoms with Crippen molar-refractivity contribution in [1.29, 1.82) is 5.26 Å². The molecule has 76 valence electrons. The normalized spacial score (nSPS) is 24.9. The Balaban J connectivity index is 1.82. The summed E-state index contributed by atoms with van der Waals surface area (Å²) < 4.78 is 0.293. The summed E-state index contributed by atoms with van der Waals surface area (Å²) in [5.74, 6) is -0.0553. The summed E-state index contributed by atoms with van der Waals surface area (Å²) in [6.45, 7) is 0.733. The summed E-state index contributed by atoms with van der Waals surface area (Å²) in [7, 11) is 0. The van der Waals surface area contributed by atoms with E-state index in [4.69, 9.17) is 5.26 Å². The van der Waals surface area contributed by atoms with Gasteiger partial charge in [-0.1, -0.05) is 0 Å². The third kappa shape index (κ3) is 1.61. The molecule has 0 heterocycles. The van der Waals surface area contributed by atoms with Gasteiger partial charge in [-0.3, -0.25) is 4.79 Å². The van der Waals surface area contributed by atoms with E-state index in [1.54, 1.807) is 0 Å². The van der Waals surface area contributed by atoms with Gasteiger partial charge in [0, 0.05) is 11.3 Å². The molecule has 0 aromatic heterocycles. The first-order valence-electron chi connectivity index (χ1n) is 4.91. The maximum atomic E-state index is 11.6. The number of carbonyl (C=O) groups excluding carboxylic acids is 1. The lowest BCUT2D eigenvalue weighted by atomic mass is 10.1. The lowest BCUT2D eigenvalue weighted by Gasteiger charge is -2.14. The van der Waals surface area contributed by atoms with Gasteiger partial charge in [-0.15, -0.1) is 0 Å². The Bertz CT molecular complexity index is 300. The zero-order valence-electron chi connectivity index (χ0n) is 8.30. The molecule has 2 rings (SSSR count). The SMILES string of the molecule is CSC1(CNC(=O)C2(C#N)CC2)CC1. The fourth-order valence-electron chi connectivity index (χ4n) is 1.52. The van der Waals surface area contributed by atoms with E-state index < -0.39 is 5.41 Å². The van der Waals surface area contributed by atoms with Gasteiger partial charge in [-0.25, -0.2) is 0 Å². The Morgan fingerprint density at radius 1 is 1.50 bits per heavy atom. The summed E-state index contributed by atoms with van der Waals surface area (Å²) in [4.78, 5) is 11.6. The molecule has 4 heteroatoms. The average molecular weight is 210 g/mol. The highest BCUT2D eigenvalue weighted by molar-refractivity contribution is 8.00. The van der Waals surface area contributed by atoms with Crippen LogP contribution in [0.2, 0.25) is 0 Å². The number of amides is 1. The number of hydrogen-bond donors (Lipinski definition) is 1. The van der Waals surface area contributed by atoms with Gasteiger partial charge in [0.2, 0.25) is 5.91 Å². The smallest absolute Gasteiger partial charge is 0.240 e. The van der Waals surface area contributed by atoms with Gasteiger partial charge in [0.1, 0.15) is 5.41 Å². The van der Waals surface area contributed by atoms with Gasteiger partial charge in [-0.05, 0) is 31.9 Å². The molecule has 1 amide bonds. The quantitative estimate of drug-likeness (QED) is 0.761. The average Bonchev–Trinajstić information content (AvgIpc) is 3.10. The Hall–Kier alpha value is -0.690. The van der Waals surface area contributed by atoms with E-state index in [0.717, 1.165) is 19.4 Å². The number of nitriles is 1. The van der Waals surface area contributed by atoms with Crippen molar-refractivity contribution in [3.05, 3.63) is 0 Å². The third-order valence-electron chi connectivity index (χ3n) is 3.21. The molecule has 0 radical (unpaired) electrons. The van der Waals surface area contributed by atoms with E-state index >= 15 is 0 Å². The molecular weight excluding hydrogens is 196 g/mol. The van der Waals surface area contributed by atoms with Crippen molar-refractivity contribution >= 4 is 17.7 Å². The van der Waals surface area contributed by atoms with Crippen LogP contribution in [0.15, 0.2) is 0 Å². The largest absolute Gasteiger partial charge is 0.353 e. The number of hydrogen-bond acceptors (Lipinski definition) is 3. The summed E-state index contributed by atoms with van der Waals surface area (Å²) in [6, 6.07) is 2.11. The maximum absolute atomic E-state index is 11.6. The number of thioether (sulfide) groups is 1. The van der Waals surface area contributed by atoms with E-state index in [9.17, 15) is 4.79 Å². The standard InChI is InChI=1S/C10H14N2OS/c1-14-10(4-5-10)7-12-8(13)9(6-11)2-3-9/h2-5,7H2,1H3,(H,12,13). The first-order chi connectivity index (χ1) is 6.66. The minimum atomic E-state index is -0.658. The number of nitrogens with zero attached hydrogens (tertiary/aromatic N) is 1. The van der Waals surface area contributed by atoms with Crippen molar-refractivity contribution in [2.75, 3.05) is 12.8 Å². The van der Waals surface area contributed by atoms with Crippen LogP contribution in [0, 0.1) is 16.7 Å². The second-order valence-corrected chi connectivity index (χ2v) is 5.54. The summed E-state index contributed by atoms with van der Waals surface area (Å²) >= 11 is 1.82. The summed E-state index contributed by atoms with van der Waals surface area (Å²) in [5.41, 5.74) is -0.658. The lowest BCUT2D eigenvalue weighted by molar-refractivity contribution is -0.124. The first-order valence-corrected chi connectivity index (χ1v) is 6.14. The van der Waals surface area contributed by atoms with Gasteiger partial charge in [0.15, 0.2) is 0 Å². The van der Waals surface area contributed by atoms with Crippen molar-refractivity contribution in [1.82, 2.24) is 5.32 Å². The second kappa shape index (κ2) is 3.16. The van der Waals surface area contributed by atoms with Crippen molar-refractivity contribution in [3.8, 4) is 6.07 Å². The van der Waals surface area contributed by atoms with Crippen LogP contribution in [0.5, 0.6) is 0 Å². The maximum Gasteiger partial charge on any atom is 0.240 e. The molecule has 0 spiro atoms. The van der Waals surface area contributed by atoms with E-state index in [-0.39, 0.29) is 5.91 Å². The van der Waals surface area contributed by atoms with E-state index in [1.807, 2.05) is 11.8 Å². The van der Waals surface area contributed by atoms with Crippen molar-refractivity contribution in [2.45, 2.75) is 30.4 Å². The van der Waals surface area contributed by atoms with Crippen LogP contribution in [0.4, 0.5) is 0 Å². The molecule has 0 aromatic rings. The number of nitrogens with one attached hydrogen (secondary N) is 1. The highest BCUT2D eigenvalue weighted by Crippen LogP contribution is 2.48. The van der Waals surface area contributed by atoms with Crippen molar-refractivity contribution in [3.63, 3.8) is 0 Å². The highest BCUT2D eigenvalue weighted by atomic mass is 32.2. The predicted molar refractivity (Wildman–Crippen MR) is 55.8 cm³/mol. The summed E-state index contributed by atoms with van der Waals surface area (Å²) in [6.07, 6.45) is 5.93. The molecule has 2 fully saturated rings. The molecule has 2 saturated carbocycles. The molecular formula is C10H14N2OS. The van der Waals surface area contributed by atoms with Crippen LogP contribution in [0.3, 0.4) is 0 Å². The number of carbonyl (C=O) groups is 1. The Morgan fingerprint density at radius 3 is 2.50 bits per heavy atom. The third-order valence-corrected chi connectivity index (χ3v) is 4.63. The molecule has 0 bridgehead atoms. The zero-order chi connectivity index (χ0) is 10.2. The molecule has 0 atom stereocenters. The molecule has 0 aliphatic heterocycles. The Morgan fingerprint density at radius 2 is 2.14 bits per heavy atom. The van der Waals surface area contributed by atoms with Crippen molar-refractivity contribution in [2.24, 2.45) is 5.41 Å². The minimum Gasteiger partial charge on any atom is -0.353 e. The zero-order valence-corrected chi connectivity index (χ0v) is 9.12. The van der Waals surface area contributed by atoms with E-state index in [2.05, 4.69) is 17.6 Å². The molecule has 1 N–H and O–H groups in total. The summed E-state index contributed by atoms with van der Waals surface area (Å²) in [5, 5.41) is 11.7. The monoisotopic (exact) mass is 210 g/mol. The first kappa shape index (κ1) is 9.85. The Labute approximate surface area is 88.2 Å². The molecule has 2 aliphatic carbocycles. The molecule has 3 nitrogen and oxygen atoms in total. The van der Waals surface area contributed by atoms with Gasteiger partial charge in [0.05, 0.1) is 6.07 Å². The second-order valence-electron chi connectivity index (χ2n) is 4.26. The minimum absolute atomic E-state index is 0.0553. The van der Waals surface area contributed by atoms with Gasteiger partial charge < -0.3 is 5.32 Å². The molecule has 0 aromatic carbocycles. The fraction of sp³-hybridized carbons (Fsp3) is 0.800. The molecule has 0 saturated heterocycles. The van der Waals surface area contributed by atoms with Crippen LogP contribution in [-0.2, 0) is 4.79 Å². The van der Waals surface area contributed by atoms with Gasteiger partial charge in [-0.2, -0.15) is 17.0 Å². The van der Waals surface area contributed by atoms with Crippen LogP contribution >= 0.6 is 11.8 Å². The van der Waals surface area contributed by atoms with Gasteiger partial charge >= 0.3 is 0 Å². The van der Waals surface area contributed by atoms with Crippen LogP contribution in [-0.4, -0.2) is 23.5 Å². The number of rotatable bonds is 4. The molecule has 14 heavy (non-hydrogen) atoms. The molecule has 2 aliphatic rings. The Kier molecular flexibility index (Phi) is 2.23. The van der Waals surface area contributed by atoms with Crippen LogP contribution in [0.25, 0.3) is 0 Å². The van der Waals surface area contributed by atoms with Gasteiger partial charge in [0.25, 0.3) is 0 Å². The van der Waals surface area contributed by atoms with Crippen LogP contribution < -0.4 is 5.32 Å². The van der Waals surface area contributed by atoms with E-state index in [0.29, 0.717) is 4.75 Å². The topological polar surface area (TPSA) is 52.9 Å². The van der Waals surface area contributed by atoms with Crippen LogP contribution in [0.1, 0.15) is 25.7 Å².